The number of hydrogen-bond acceptors (Lipinski definition) is 4. The van der Waals surface area contributed by atoms with Crippen LogP contribution in [0.15, 0.2) is 35.2 Å². The summed E-state index contributed by atoms with van der Waals surface area (Å²) < 4.78 is 26.0. The van der Waals surface area contributed by atoms with Gasteiger partial charge >= 0.3 is 0 Å². The summed E-state index contributed by atoms with van der Waals surface area (Å²) in [5.41, 5.74) is 3.03. The van der Waals surface area contributed by atoms with Crippen molar-refractivity contribution in [2.24, 2.45) is 0 Å². The van der Waals surface area contributed by atoms with Gasteiger partial charge in [0.05, 0.1) is 22.8 Å². The first-order valence-corrected chi connectivity index (χ1v) is 9.39. The van der Waals surface area contributed by atoms with Crippen molar-refractivity contribution in [2.75, 3.05) is 18.9 Å². The fraction of sp³-hybridized carbons (Fsp3) is 0.294. The summed E-state index contributed by atoms with van der Waals surface area (Å²) in [5.74, 6) is -0.433. The number of rotatable bonds is 5. The second kappa shape index (κ2) is 7.51. The molecule has 25 heavy (non-hydrogen) atoms. The Morgan fingerprint density at radius 3 is 2.36 bits per heavy atom. The highest BCUT2D eigenvalue weighted by Gasteiger charge is 2.23. The minimum atomic E-state index is -3.77. The van der Waals surface area contributed by atoms with E-state index in [9.17, 15) is 13.2 Å². The number of amides is 1. The second-order valence-electron chi connectivity index (χ2n) is 5.80. The lowest BCUT2D eigenvalue weighted by atomic mass is 10.1. The van der Waals surface area contributed by atoms with Crippen molar-refractivity contribution in [2.45, 2.75) is 25.7 Å². The molecule has 0 saturated carbocycles. The minimum absolute atomic E-state index is 0.0802. The lowest BCUT2D eigenvalue weighted by Gasteiger charge is -2.18. The van der Waals surface area contributed by atoms with E-state index in [2.05, 4.69) is 10.3 Å². The molecule has 1 N–H and O–H groups in total. The average molecular weight is 382 g/mol. The molecule has 8 heteroatoms. The SMILES string of the molecule is Cc1cc(C)c(NC(=O)CN(C)S(=O)(=O)c2ccc(Cl)cc2)c(C)n1. The molecule has 1 aromatic carbocycles. The molecule has 6 nitrogen and oxygen atoms in total. The predicted octanol–water partition coefficient (Wildman–Crippen LogP) is 2.92. The van der Waals surface area contributed by atoms with Gasteiger partial charge < -0.3 is 5.32 Å². The molecule has 2 rings (SSSR count). The number of anilines is 1. The van der Waals surface area contributed by atoms with Gasteiger partial charge in [0, 0.05) is 17.8 Å². The smallest absolute Gasteiger partial charge is 0.243 e. The van der Waals surface area contributed by atoms with Gasteiger partial charge in [0.15, 0.2) is 0 Å². The monoisotopic (exact) mass is 381 g/mol. The van der Waals surface area contributed by atoms with Crippen molar-refractivity contribution in [1.82, 2.24) is 9.29 Å². The molecule has 0 radical (unpaired) electrons. The van der Waals surface area contributed by atoms with Crippen LogP contribution in [0.1, 0.15) is 17.0 Å². The van der Waals surface area contributed by atoms with E-state index in [1.165, 1.54) is 31.3 Å². The molecule has 0 fully saturated rings. The van der Waals surface area contributed by atoms with Gasteiger partial charge in [-0.1, -0.05) is 11.6 Å². The largest absolute Gasteiger partial charge is 0.323 e. The second-order valence-corrected chi connectivity index (χ2v) is 8.29. The third-order valence-electron chi connectivity index (χ3n) is 3.68. The molecule has 0 aliphatic heterocycles. The van der Waals surface area contributed by atoms with Crippen molar-refractivity contribution in [3.05, 3.63) is 52.3 Å². The van der Waals surface area contributed by atoms with Crippen molar-refractivity contribution in [3.8, 4) is 0 Å². The number of sulfonamides is 1. The van der Waals surface area contributed by atoms with Gasteiger partial charge in [0.1, 0.15) is 0 Å². The Morgan fingerprint density at radius 2 is 1.80 bits per heavy atom. The van der Waals surface area contributed by atoms with Gasteiger partial charge in [-0.3, -0.25) is 9.78 Å². The molecule has 1 heterocycles. The summed E-state index contributed by atoms with van der Waals surface area (Å²) >= 11 is 5.78. The number of likely N-dealkylation sites (N-methyl/N-ethyl adjacent to an activating group) is 1. The first-order chi connectivity index (χ1) is 11.6. The van der Waals surface area contributed by atoms with Crippen molar-refractivity contribution in [3.63, 3.8) is 0 Å². The first-order valence-electron chi connectivity index (χ1n) is 7.58. The number of halogens is 1. The number of carbonyl (C=O) groups excluding carboxylic acids is 1. The highest BCUT2D eigenvalue weighted by molar-refractivity contribution is 7.89. The highest BCUT2D eigenvalue weighted by Crippen LogP contribution is 2.20. The summed E-state index contributed by atoms with van der Waals surface area (Å²) in [5, 5.41) is 3.18. The van der Waals surface area contributed by atoms with Crippen molar-refractivity contribution >= 4 is 33.2 Å². The van der Waals surface area contributed by atoms with E-state index in [1.54, 1.807) is 6.92 Å². The average Bonchev–Trinajstić information content (AvgIpc) is 2.51. The molecule has 0 atom stereocenters. The van der Waals surface area contributed by atoms with Crippen LogP contribution in [-0.4, -0.2) is 37.2 Å². The first kappa shape index (κ1) is 19.4. The number of aromatic nitrogens is 1. The van der Waals surface area contributed by atoms with Crippen molar-refractivity contribution in [1.29, 1.82) is 0 Å². The van der Waals surface area contributed by atoms with Gasteiger partial charge in [-0.15, -0.1) is 0 Å². The van der Waals surface area contributed by atoms with Crippen LogP contribution in [0.5, 0.6) is 0 Å². The zero-order chi connectivity index (χ0) is 18.8. The zero-order valence-corrected chi connectivity index (χ0v) is 16.1. The third kappa shape index (κ3) is 4.56. The van der Waals surface area contributed by atoms with Gasteiger partial charge in [0.2, 0.25) is 15.9 Å². The number of aryl methyl sites for hydroxylation is 3. The Balaban J connectivity index is 2.14. The number of benzene rings is 1. The van der Waals surface area contributed by atoms with E-state index in [-0.39, 0.29) is 11.4 Å². The van der Waals surface area contributed by atoms with Crippen LogP contribution in [0.4, 0.5) is 5.69 Å². The fourth-order valence-electron chi connectivity index (χ4n) is 2.47. The lowest BCUT2D eigenvalue weighted by molar-refractivity contribution is -0.116. The number of nitrogens with one attached hydrogen (secondary N) is 1. The van der Waals surface area contributed by atoms with Crippen LogP contribution in [-0.2, 0) is 14.8 Å². The summed E-state index contributed by atoms with van der Waals surface area (Å²) in [6.07, 6.45) is 0. The van der Waals surface area contributed by atoms with Crippen molar-refractivity contribution < 1.29 is 13.2 Å². The normalized spacial score (nSPS) is 11.6. The number of hydrogen-bond donors (Lipinski definition) is 1. The topological polar surface area (TPSA) is 79.4 Å². The molecule has 1 amide bonds. The standard InChI is InChI=1S/C17H20ClN3O3S/c1-11-9-12(2)19-13(3)17(11)20-16(22)10-21(4)25(23,24)15-7-5-14(18)6-8-15/h5-9H,10H2,1-4H3,(H,20,22). The van der Waals surface area contributed by atoms with E-state index in [4.69, 9.17) is 11.6 Å². The maximum Gasteiger partial charge on any atom is 0.243 e. The van der Waals surface area contributed by atoms with Gasteiger partial charge in [-0.2, -0.15) is 4.31 Å². The Morgan fingerprint density at radius 1 is 1.20 bits per heavy atom. The van der Waals surface area contributed by atoms with E-state index in [1.807, 2.05) is 19.9 Å². The Kier molecular flexibility index (Phi) is 5.82. The zero-order valence-electron chi connectivity index (χ0n) is 14.5. The van der Waals surface area contributed by atoms with Gasteiger partial charge in [0.25, 0.3) is 0 Å². The summed E-state index contributed by atoms with van der Waals surface area (Å²) in [7, 11) is -2.41. The third-order valence-corrected chi connectivity index (χ3v) is 5.75. The molecule has 0 unspecified atom stereocenters. The molecular formula is C17H20ClN3O3S. The Labute approximate surface area is 152 Å². The number of pyridine rings is 1. The highest BCUT2D eigenvalue weighted by atomic mass is 35.5. The van der Waals surface area contributed by atoms with E-state index in [0.717, 1.165) is 15.6 Å². The summed E-state index contributed by atoms with van der Waals surface area (Å²) in [6.45, 7) is 5.23. The molecule has 0 saturated heterocycles. The van der Waals surface area contributed by atoms with E-state index < -0.39 is 15.9 Å². The maximum absolute atomic E-state index is 12.5. The Bertz CT molecular complexity index is 873. The molecule has 1 aromatic heterocycles. The fourth-order valence-corrected chi connectivity index (χ4v) is 3.72. The summed E-state index contributed by atoms with van der Waals surface area (Å²) in [4.78, 5) is 16.7. The van der Waals surface area contributed by atoms with E-state index in [0.29, 0.717) is 16.4 Å². The predicted molar refractivity (Wildman–Crippen MR) is 98.3 cm³/mol. The molecule has 134 valence electrons. The lowest BCUT2D eigenvalue weighted by Crippen LogP contribution is -2.35. The summed E-state index contributed by atoms with van der Waals surface area (Å²) in [6, 6.07) is 7.66. The van der Waals surface area contributed by atoms with Crippen LogP contribution in [0.25, 0.3) is 0 Å². The molecular weight excluding hydrogens is 362 g/mol. The van der Waals surface area contributed by atoms with Crippen LogP contribution in [0.2, 0.25) is 5.02 Å². The molecule has 0 spiro atoms. The Hall–Kier alpha value is -1.96. The maximum atomic E-state index is 12.5. The number of carbonyl (C=O) groups is 1. The van der Waals surface area contributed by atoms with Crippen LogP contribution in [0.3, 0.4) is 0 Å². The molecule has 2 aromatic rings. The van der Waals surface area contributed by atoms with Crippen LogP contribution >= 0.6 is 11.6 Å². The quantitative estimate of drug-likeness (QED) is 0.863. The van der Waals surface area contributed by atoms with E-state index >= 15 is 0 Å². The molecule has 0 aliphatic carbocycles. The van der Waals surface area contributed by atoms with Gasteiger partial charge in [-0.05, 0) is 56.7 Å². The van der Waals surface area contributed by atoms with Crippen LogP contribution in [0, 0.1) is 20.8 Å². The minimum Gasteiger partial charge on any atom is -0.323 e. The molecule has 0 aliphatic rings. The number of nitrogens with zero attached hydrogens (tertiary/aromatic N) is 2. The van der Waals surface area contributed by atoms with Crippen LogP contribution < -0.4 is 5.32 Å². The molecule has 0 bridgehead atoms. The van der Waals surface area contributed by atoms with Gasteiger partial charge in [-0.25, -0.2) is 8.42 Å².